The third-order valence-electron chi connectivity index (χ3n) is 3.32. The standard InChI is InChI=1S/C8H17BN2/c1-6(2)10-4-7-3-8(5-10)11(7)9/h6-8H,3-5,9H2,1-2H3. The number of hydrogen-bond acceptors (Lipinski definition) is 2. The van der Waals surface area contributed by atoms with E-state index in [9.17, 15) is 0 Å². The fraction of sp³-hybridized carbons (Fsp3) is 1.00. The summed E-state index contributed by atoms with van der Waals surface area (Å²) in [6, 6.07) is 2.49. The molecule has 0 aromatic carbocycles. The SMILES string of the molecule is BN1C2CC1CN(C(C)C)C2. The van der Waals surface area contributed by atoms with Gasteiger partial charge in [-0.15, -0.1) is 0 Å². The largest absolute Gasteiger partial charge is 0.341 e. The highest BCUT2D eigenvalue weighted by Gasteiger charge is 2.41. The number of piperazine rings is 1. The number of fused-ring (bicyclic) bond motifs is 2. The van der Waals surface area contributed by atoms with Crippen LogP contribution in [0.4, 0.5) is 0 Å². The van der Waals surface area contributed by atoms with Crippen molar-refractivity contribution in [2.45, 2.75) is 38.4 Å². The lowest BCUT2D eigenvalue weighted by molar-refractivity contribution is -0.0196. The molecular formula is C8H17BN2. The van der Waals surface area contributed by atoms with E-state index in [0.29, 0.717) is 0 Å². The van der Waals surface area contributed by atoms with E-state index in [0.717, 1.165) is 18.1 Å². The monoisotopic (exact) mass is 152 g/mol. The molecule has 2 nitrogen and oxygen atoms in total. The van der Waals surface area contributed by atoms with Crippen molar-refractivity contribution in [3.8, 4) is 0 Å². The zero-order chi connectivity index (χ0) is 8.01. The number of hydrogen-bond donors (Lipinski definition) is 0. The Morgan fingerprint density at radius 3 is 2.18 bits per heavy atom. The maximum atomic E-state index is 2.60. The molecule has 0 N–H and O–H groups in total. The predicted octanol–water partition coefficient (Wildman–Crippen LogP) is -0.299. The fourth-order valence-electron chi connectivity index (χ4n) is 2.25. The highest BCUT2D eigenvalue weighted by molar-refractivity contribution is 6.05. The van der Waals surface area contributed by atoms with Gasteiger partial charge >= 0.3 is 0 Å². The molecule has 2 unspecified atom stereocenters. The second-order valence-electron chi connectivity index (χ2n) is 4.26. The predicted molar refractivity (Wildman–Crippen MR) is 49.3 cm³/mol. The molecule has 3 rings (SSSR count). The van der Waals surface area contributed by atoms with Crippen molar-refractivity contribution < 1.29 is 0 Å². The summed E-state index contributed by atoms with van der Waals surface area (Å²) in [7, 11) is 2.26. The van der Waals surface area contributed by atoms with Gasteiger partial charge in [0.05, 0.1) is 0 Å². The van der Waals surface area contributed by atoms with Crippen molar-refractivity contribution in [3.63, 3.8) is 0 Å². The average Bonchev–Trinajstić information content (AvgIpc) is 2.03. The van der Waals surface area contributed by atoms with Crippen LogP contribution in [-0.2, 0) is 0 Å². The topological polar surface area (TPSA) is 6.48 Å². The third-order valence-corrected chi connectivity index (χ3v) is 3.32. The highest BCUT2D eigenvalue weighted by Crippen LogP contribution is 2.30. The van der Waals surface area contributed by atoms with Crippen LogP contribution in [0.2, 0.25) is 0 Å². The second-order valence-corrected chi connectivity index (χ2v) is 4.26. The Hall–Kier alpha value is -0.0151. The summed E-state index contributed by atoms with van der Waals surface area (Å²) in [4.78, 5) is 5.12. The van der Waals surface area contributed by atoms with Crippen molar-refractivity contribution in [2.75, 3.05) is 13.1 Å². The van der Waals surface area contributed by atoms with Gasteiger partial charge in [-0.1, -0.05) is 0 Å². The minimum absolute atomic E-state index is 0.744. The van der Waals surface area contributed by atoms with Gasteiger partial charge in [-0.3, -0.25) is 4.90 Å². The summed E-state index contributed by atoms with van der Waals surface area (Å²) >= 11 is 0. The van der Waals surface area contributed by atoms with Crippen LogP contribution in [0.5, 0.6) is 0 Å². The molecule has 0 radical (unpaired) electrons. The minimum Gasteiger partial charge on any atom is -0.341 e. The van der Waals surface area contributed by atoms with Crippen LogP contribution in [0.25, 0.3) is 0 Å². The fourth-order valence-corrected chi connectivity index (χ4v) is 2.25. The van der Waals surface area contributed by atoms with Crippen LogP contribution < -0.4 is 0 Å². The van der Waals surface area contributed by atoms with Gasteiger partial charge in [-0.05, 0) is 20.3 Å². The Kier molecular flexibility index (Phi) is 1.73. The van der Waals surface area contributed by atoms with Crippen molar-refractivity contribution >= 4 is 7.98 Å². The maximum absolute atomic E-state index is 2.60. The Labute approximate surface area is 70.0 Å². The van der Waals surface area contributed by atoms with Crippen LogP contribution in [0.1, 0.15) is 20.3 Å². The van der Waals surface area contributed by atoms with Crippen LogP contribution in [-0.4, -0.2) is 48.9 Å². The van der Waals surface area contributed by atoms with Gasteiger partial charge in [0, 0.05) is 31.2 Å². The normalized spacial score (nSPS) is 39.2. The summed E-state index contributed by atoms with van der Waals surface area (Å²) < 4.78 is 0. The van der Waals surface area contributed by atoms with Gasteiger partial charge in [-0.25, -0.2) is 0 Å². The summed E-state index contributed by atoms with van der Waals surface area (Å²) in [5.74, 6) is 0. The molecule has 3 heteroatoms. The van der Waals surface area contributed by atoms with Crippen molar-refractivity contribution in [1.29, 1.82) is 0 Å². The van der Waals surface area contributed by atoms with E-state index < -0.39 is 0 Å². The first kappa shape index (κ1) is 7.62. The molecule has 2 bridgehead atoms. The Morgan fingerprint density at radius 2 is 1.82 bits per heavy atom. The molecule has 3 aliphatic heterocycles. The molecule has 3 aliphatic rings. The average molecular weight is 152 g/mol. The molecule has 3 saturated heterocycles. The third kappa shape index (κ3) is 1.11. The molecule has 0 aromatic rings. The van der Waals surface area contributed by atoms with Crippen LogP contribution in [0.15, 0.2) is 0 Å². The molecule has 2 atom stereocenters. The van der Waals surface area contributed by atoms with Gasteiger partial charge in [-0.2, -0.15) is 0 Å². The van der Waals surface area contributed by atoms with Crippen molar-refractivity contribution in [2.24, 2.45) is 0 Å². The number of rotatable bonds is 1. The molecule has 0 aromatic heterocycles. The maximum Gasteiger partial charge on any atom is 0.186 e. The van der Waals surface area contributed by atoms with Gasteiger partial charge in [0.25, 0.3) is 0 Å². The first-order valence-electron chi connectivity index (χ1n) is 4.64. The van der Waals surface area contributed by atoms with Crippen molar-refractivity contribution in [3.05, 3.63) is 0 Å². The molecule has 0 spiro atoms. The lowest BCUT2D eigenvalue weighted by Crippen LogP contribution is -2.68. The molecule has 0 amide bonds. The first-order valence-corrected chi connectivity index (χ1v) is 4.64. The van der Waals surface area contributed by atoms with E-state index in [1.165, 1.54) is 19.5 Å². The van der Waals surface area contributed by atoms with Crippen LogP contribution >= 0.6 is 0 Å². The van der Waals surface area contributed by atoms with E-state index in [-0.39, 0.29) is 0 Å². The quantitative estimate of drug-likeness (QED) is 0.476. The van der Waals surface area contributed by atoms with Gasteiger partial charge in [0.2, 0.25) is 0 Å². The van der Waals surface area contributed by atoms with Gasteiger partial charge in [0.1, 0.15) is 0 Å². The van der Waals surface area contributed by atoms with E-state index in [4.69, 9.17) is 0 Å². The van der Waals surface area contributed by atoms with E-state index in [2.05, 4.69) is 31.5 Å². The summed E-state index contributed by atoms with van der Waals surface area (Å²) in [6.07, 6.45) is 1.44. The minimum atomic E-state index is 0.744. The van der Waals surface area contributed by atoms with E-state index in [1.807, 2.05) is 0 Å². The summed E-state index contributed by atoms with van der Waals surface area (Å²) in [6.45, 7) is 7.19. The van der Waals surface area contributed by atoms with Gasteiger partial charge < -0.3 is 4.81 Å². The Balaban J connectivity index is 1.94. The molecule has 3 fully saturated rings. The lowest BCUT2D eigenvalue weighted by atomic mass is 9.83. The molecular weight excluding hydrogens is 135 g/mol. The highest BCUT2D eigenvalue weighted by atomic mass is 15.3. The van der Waals surface area contributed by atoms with Crippen LogP contribution in [0, 0.1) is 0 Å². The number of nitrogens with zero attached hydrogens (tertiary/aromatic N) is 2. The van der Waals surface area contributed by atoms with Gasteiger partial charge in [0.15, 0.2) is 7.98 Å². The molecule has 0 aliphatic carbocycles. The summed E-state index contributed by atoms with van der Waals surface area (Å²) in [5.41, 5.74) is 0. The molecule has 11 heavy (non-hydrogen) atoms. The lowest BCUT2D eigenvalue weighted by Gasteiger charge is -2.56. The molecule has 0 saturated carbocycles. The van der Waals surface area contributed by atoms with Crippen molar-refractivity contribution in [1.82, 2.24) is 9.71 Å². The zero-order valence-corrected chi connectivity index (χ0v) is 7.75. The summed E-state index contributed by atoms with van der Waals surface area (Å²) in [5, 5.41) is 0. The Bertz CT molecular complexity index is 148. The smallest absolute Gasteiger partial charge is 0.186 e. The van der Waals surface area contributed by atoms with E-state index >= 15 is 0 Å². The molecule has 62 valence electrons. The Morgan fingerprint density at radius 1 is 1.27 bits per heavy atom. The zero-order valence-electron chi connectivity index (χ0n) is 7.75. The first-order chi connectivity index (χ1) is 5.18. The number of piperidine rings is 1. The second kappa shape index (κ2) is 2.49. The molecule has 3 heterocycles. The van der Waals surface area contributed by atoms with E-state index in [1.54, 1.807) is 0 Å². The van der Waals surface area contributed by atoms with Crippen LogP contribution in [0.3, 0.4) is 0 Å².